The number of hydrogen-bond donors (Lipinski definition) is 1. The molecular weight excluding hydrogens is 539 g/mol. The molecule has 0 atom stereocenters. The summed E-state index contributed by atoms with van der Waals surface area (Å²) in [6, 6.07) is 20.8. The molecule has 2 aromatic heterocycles. The van der Waals surface area contributed by atoms with Gasteiger partial charge in [0.1, 0.15) is 18.6 Å². The van der Waals surface area contributed by atoms with E-state index in [0.29, 0.717) is 12.2 Å². The van der Waals surface area contributed by atoms with Crippen LogP contribution in [0.3, 0.4) is 0 Å². The molecule has 0 unspecified atom stereocenters. The summed E-state index contributed by atoms with van der Waals surface area (Å²) in [5.74, 6) is -0.267. The van der Waals surface area contributed by atoms with E-state index in [0.717, 1.165) is 17.4 Å². The first kappa shape index (κ1) is 22.3. The summed E-state index contributed by atoms with van der Waals surface area (Å²) >= 11 is 3.91. The van der Waals surface area contributed by atoms with Crippen LogP contribution in [0.2, 0.25) is 0 Å². The van der Waals surface area contributed by atoms with Gasteiger partial charge in [-0.15, -0.1) is 12.6 Å². The van der Waals surface area contributed by atoms with Gasteiger partial charge < -0.3 is 13.6 Å². The smallest absolute Gasteiger partial charge is 0.267 e. The van der Waals surface area contributed by atoms with Gasteiger partial charge in [-0.25, -0.2) is 0 Å². The van der Waals surface area contributed by atoms with E-state index in [9.17, 15) is 9.59 Å². The van der Waals surface area contributed by atoms with E-state index in [-0.39, 0.29) is 49.5 Å². The van der Waals surface area contributed by atoms with E-state index in [4.69, 9.17) is 13.6 Å². The van der Waals surface area contributed by atoms with Crippen molar-refractivity contribution in [1.29, 1.82) is 0 Å². The zero-order valence-electron chi connectivity index (χ0n) is 16.9. The van der Waals surface area contributed by atoms with Gasteiger partial charge in [0.25, 0.3) is 5.78 Å². The fourth-order valence-corrected chi connectivity index (χ4v) is 4.08. The minimum atomic E-state index is -0.568. The van der Waals surface area contributed by atoms with Gasteiger partial charge in [0.15, 0.2) is 5.76 Å². The standard InChI is InChI=1S/C25H19IO5S/c1-26-18-9-7-16(8-10-18)13-19-11-12-20(31-19)22(27)24-25(23(28)21(32)15-30-24)29-14-17-5-3-2-4-6-17/h2-12,15,32H,1,13-14H2. The molecule has 5 nitrogen and oxygen atoms in total. The summed E-state index contributed by atoms with van der Waals surface area (Å²) in [4.78, 5) is 25.7. The average molecular weight is 558 g/mol. The Morgan fingerprint density at radius 1 is 1.00 bits per heavy atom. The lowest BCUT2D eigenvalue weighted by molar-refractivity contribution is 0.0970. The van der Waals surface area contributed by atoms with Gasteiger partial charge in [-0.1, -0.05) is 67.7 Å². The largest absolute Gasteiger partial charge is 0.481 e. The van der Waals surface area contributed by atoms with Gasteiger partial charge in [0, 0.05) is 9.99 Å². The molecule has 2 aromatic carbocycles. The van der Waals surface area contributed by atoms with Gasteiger partial charge in [-0.3, -0.25) is 9.59 Å². The van der Waals surface area contributed by atoms with E-state index >= 15 is 0 Å². The number of furan rings is 1. The van der Waals surface area contributed by atoms with Crippen molar-refractivity contribution in [1.82, 2.24) is 0 Å². The first-order valence-corrected chi connectivity index (χ1v) is 12.7. The maximum absolute atomic E-state index is 13.1. The lowest BCUT2D eigenvalue weighted by atomic mass is 10.1. The van der Waals surface area contributed by atoms with Crippen molar-refractivity contribution in [2.75, 3.05) is 0 Å². The fraction of sp³-hybridized carbons (Fsp3) is 0.0800. The third kappa shape index (κ3) is 5.11. The Hall–Kier alpha value is -2.91. The highest BCUT2D eigenvalue weighted by Crippen LogP contribution is 2.23. The Labute approximate surface area is 200 Å². The summed E-state index contributed by atoms with van der Waals surface area (Å²) in [7, 11) is 0. The molecular formula is C25H19IO5S. The number of halogens is 1. The molecule has 0 spiro atoms. The second-order valence-electron chi connectivity index (χ2n) is 6.91. The number of benzene rings is 2. The van der Waals surface area contributed by atoms with Crippen LogP contribution >= 0.6 is 33.4 Å². The molecule has 4 aromatic rings. The van der Waals surface area contributed by atoms with Crippen molar-refractivity contribution in [3.8, 4) is 5.75 Å². The maximum Gasteiger partial charge on any atom is 0.267 e. The van der Waals surface area contributed by atoms with Crippen molar-refractivity contribution < 1.29 is 18.4 Å². The third-order valence-electron chi connectivity index (χ3n) is 4.70. The van der Waals surface area contributed by atoms with Crippen molar-refractivity contribution in [2.24, 2.45) is 0 Å². The zero-order chi connectivity index (χ0) is 22.5. The Bertz CT molecular complexity index is 1310. The normalized spacial score (nSPS) is 10.8. The summed E-state index contributed by atoms with van der Waals surface area (Å²) in [5, 5.41) is 0. The summed E-state index contributed by atoms with van der Waals surface area (Å²) < 4.78 is 22.1. The summed E-state index contributed by atoms with van der Waals surface area (Å²) in [6.07, 6.45) is 1.67. The molecule has 0 amide bonds. The van der Waals surface area contributed by atoms with Crippen LogP contribution in [0.4, 0.5) is 0 Å². The van der Waals surface area contributed by atoms with Gasteiger partial charge in [-0.2, -0.15) is 0 Å². The van der Waals surface area contributed by atoms with Crippen molar-refractivity contribution in [2.45, 2.75) is 17.9 Å². The topological polar surface area (TPSA) is 69.7 Å². The highest BCUT2D eigenvalue weighted by molar-refractivity contribution is 14.2. The number of carbonyl (C=O) groups is 1. The van der Waals surface area contributed by atoms with Gasteiger partial charge in [-0.05, 0) is 35.4 Å². The number of ketones is 1. The van der Waals surface area contributed by atoms with E-state index in [1.165, 1.54) is 3.57 Å². The van der Waals surface area contributed by atoms with Crippen LogP contribution in [-0.2, 0) is 13.0 Å². The van der Waals surface area contributed by atoms with Crippen LogP contribution in [0.15, 0.2) is 91.5 Å². The van der Waals surface area contributed by atoms with Crippen LogP contribution in [0.25, 0.3) is 0 Å². The van der Waals surface area contributed by atoms with Crippen molar-refractivity contribution in [3.05, 3.63) is 115 Å². The molecule has 0 N–H and O–H groups in total. The van der Waals surface area contributed by atoms with Crippen LogP contribution in [0, 0.1) is 3.57 Å². The predicted octanol–water partition coefficient (Wildman–Crippen LogP) is 5.49. The Kier molecular flexibility index (Phi) is 7.06. The predicted molar refractivity (Wildman–Crippen MR) is 134 cm³/mol. The Balaban J connectivity index is 1.57. The minimum absolute atomic E-state index is 0.0536. The molecule has 0 bridgehead atoms. The zero-order valence-corrected chi connectivity index (χ0v) is 20.0. The average Bonchev–Trinajstić information content (AvgIpc) is 3.29. The number of carbonyl (C=O) groups excluding carboxylic acids is 1. The molecule has 0 aliphatic carbocycles. The number of rotatable bonds is 8. The fourth-order valence-electron chi connectivity index (χ4n) is 3.06. The molecule has 4 rings (SSSR count). The molecule has 0 radical (unpaired) electrons. The second kappa shape index (κ2) is 10.1. The molecule has 2 heterocycles. The van der Waals surface area contributed by atoms with E-state index in [2.05, 4.69) is 29.3 Å². The highest BCUT2D eigenvalue weighted by Gasteiger charge is 2.25. The number of thiol groups is 1. The van der Waals surface area contributed by atoms with Crippen LogP contribution in [0.1, 0.15) is 33.2 Å². The molecule has 0 fully saturated rings. The van der Waals surface area contributed by atoms with Crippen LogP contribution < -0.4 is 10.2 Å². The molecule has 0 aliphatic rings. The first-order chi connectivity index (χ1) is 15.5. The summed E-state index contributed by atoms with van der Waals surface area (Å²) in [6.45, 7) is 0.109. The number of hydrogen-bond acceptors (Lipinski definition) is 6. The van der Waals surface area contributed by atoms with Crippen molar-refractivity contribution in [3.63, 3.8) is 0 Å². The Morgan fingerprint density at radius 3 is 2.47 bits per heavy atom. The highest BCUT2D eigenvalue weighted by atomic mass is 127. The first-order valence-electron chi connectivity index (χ1n) is 9.67. The molecule has 7 heteroatoms. The monoisotopic (exact) mass is 558 g/mol. The molecule has 0 saturated heterocycles. The molecule has 162 valence electrons. The van der Waals surface area contributed by atoms with E-state index in [1.807, 2.05) is 42.5 Å². The lowest BCUT2D eigenvalue weighted by Crippen LogP contribution is -2.15. The minimum Gasteiger partial charge on any atom is -0.481 e. The second-order valence-corrected chi connectivity index (χ2v) is 9.40. The lowest BCUT2D eigenvalue weighted by Gasteiger charge is -2.09. The maximum atomic E-state index is 13.1. The molecule has 32 heavy (non-hydrogen) atoms. The quantitative estimate of drug-likeness (QED) is 0.176. The van der Waals surface area contributed by atoms with Crippen molar-refractivity contribution >= 4 is 43.7 Å². The number of ether oxygens (including phenoxy) is 1. The van der Waals surface area contributed by atoms with Gasteiger partial charge in [0.05, 0.1) is 4.90 Å². The third-order valence-corrected chi connectivity index (χ3v) is 6.61. The van der Waals surface area contributed by atoms with E-state index in [1.54, 1.807) is 12.1 Å². The van der Waals surface area contributed by atoms with Gasteiger partial charge in [0.2, 0.25) is 16.9 Å². The van der Waals surface area contributed by atoms with Crippen LogP contribution in [-0.4, -0.2) is 10.3 Å². The van der Waals surface area contributed by atoms with Crippen LogP contribution in [0.5, 0.6) is 5.75 Å². The van der Waals surface area contributed by atoms with Gasteiger partial charge >= 0.3 is 0 Å². The Morgan fingerprint density at radius 2 is 1.75 bits per heavy atom. The molecule has 0 aliphatic heterocycles. The molecule has 0 saturated carbocycles. The SMILES string of the molecule is C=Ic1ccc(Cc2ccc(C(=O)c3occ(S)c(=O)c3OCc3ccccc3)o2)cc1. The van der Waals surface area contributed by atoms with E-state index < -0.39 is 11.2 Å². The summed E-state index contributed by atoms with van der Waals surface area (Å²) in [5.41, 5.74) is 1.40.